The van der Waals surface area contributed by atoms with Gasteiger partial charge >= 0.3 is 23.9 Å². The fourth-order valence-electron chi connectivity index (χ4n) is 1.79. The summed E-state index contributed by atoms with van der Waals surface area (Å²) in [5.41, 5.74) is 1.15. The number of methoxy groups -OCH3 is 1. The molecule has 0 unspecified atom stereocenters. The van der Waals surface area contributed by atoms with E-state index in [1.807, 2.05) is 13.8 Å². The highest BCUT2D eigenvalue weighted by molar-refractivity contribution is 6.03. The second-order valence-corrected chi connectivity index (χ2v) is 6.88. The summed E-state index contributed by atoms with van der Waals surface area (Å²) in [6, 6.07) is 6.59. The molecule has 1 rings (SSSR count). The molecule has 0 aliphatic rings. The van der Waals surface area contributed by atoms with Crippen molar-refractivity contribution >= 4 is 23.9 Å². The Bertz CT molecular complexity index is 742. The summed E-state index contributed by atoms with van der Waals surface area (Å²) in [6.07, 6.45) is 3.53. The van der Waals surface area contributed by atoms with Gasteiger partial charge in [0.1, 0.15) is 0 Å². The molecule has 0 spiro atoms. The van der Waals surface area contributed by atoms with Gasteiger partial charge in [-0.3, -0.25) is 0 Å². The van der Waals surface area contributed by atoms with Crippen LogP contribution < -0.4 is 0 Å². The van der Waals surface area contributed by atoms with E-state index in [-0.39, 0.29) is 22.7 Å². The predicted octanol–water partition coefficient (Wildman–Crippen LogP) is 4.98. The number of carboxylic acid groups (broad SMARTS) is 1. The first kappa shape index (κ1) is 31.8. The third-order valence-corrected chi connectivity index (χ3v) is 3.73. The number of ether oxygens (including phenoxy) is 3. The normalized spacial score (nSPS) is 9.12. The Balaban J connectivity index is 0. The molecule has 1 aromatic rings. The summed E-state index contributed by atoms with van der Waals surface area (Å²) < 4.78 is 14.5. The van der Waals surface area contributed by atoms with E-state index < -0.39 is 17.9 Å². The van der Waals surface area contributed by atoms with E-state index in [0.29, 0.717) is 18.8 Å². The number of carbonyl (C=O) groups is 4. The van der Waals surface area contributed by atoms with Crippen LogP contribution in [0.4, 0.5) is 0 Å². The number of hydrogen-bond acceptors (Lipinski definition) is 7. The third-order valence-electron chi connectivity index (χ3n) is 3.73. The van der Waals surface area contributed by atoms with E-state index >= 15 is 0 Å². The lowest BCUT2D eigenvalue weighted by Gasteiger charge is -2.09. The van der Waals surface area contributed by atoms with Gasteiger partial charge in [-0.2, -0.15) is 0 Å². The maximum Gasteiger partial charge on any atom is 0.339 e. The summed E-state index contributed by atoms with van der Waals surface area (Å²) in [5.74, 6) is -2.22. The maximum atomic E-state index is 11.9. The minimum atomic E-state index is -0.935. The molecule has 184 valence electrons. The van der Waals surface area contributed by atoms with Gasteiger partial charge in [0, 0.05) is 11.1 Å². The van der Waals surface area contributed by atoms with Gasteiger partial charge in [-0.1, -0.05) is 52.0 Å². The molecular formula is C25H36O8. The largest absolute Gasteiger partial charge is 0.478 e. The second-order valence-electron chi connectivity index (χ2n) is 6.88. The van der Waals surface area contributed by atoms with Crippen LogP contribution in [-0.2, 0) is 23.8 Å². The smallest absolute Gasteiger partial charge is 0.339 e. The predicted molar refractivity (Wildman–Crippen MR) is 126 cm³/mol. The van der Waals surface area contributed by atoms with Gasteiger partial charge in [0.25, 0.3) is 0 Å². The van der Waals surface area contributed by atoms with Gasteiger partial charge in [-0.15, -0.1) is 0 Å². The van der Waals surface area contributed by atoms with Crippen LogP contribution in [0.3, 0.4) is 0 Å². The van der Waals surface area contributed by atoms with Crippen molar-refractivity contribution in [2.24, 2.45) is 0 Å². The Hall–Kier alpha value is -3.42. The molecule has 0 saturated heterocycles. The maximum absolute atomic E-state index is 11.9. The highest BCUT2D eigenvalue weighted by atomic mass is 16.5. The minimum absolute atomic E-state index is 0.176. The molecule has 0 atom stereocenters. The monoisotopic (exact) mass is 464 g/mol. The number of aliphatic carboxylic acids is 1. The van der Waals surface area contributed by atoms with Gasteiger partial charge < -0.3 is 19.3 Å². The van der Waals surface area contributed by atoms with Crippen molar-refractivity contribution in [2.75, 3.05) is 20.3 Å². The molecule has 0 aliphatic heterocycles. The van der Waals surface area contributed by atoms with Crippen molar-refractivity contribution in [2.45, 2.75) is 53.4 Å². The van der Waals surface area contributed by atoms with Crippen molar-refractivity contribution in [3.8, 4) is 0 Å². The van der Waals surface area contributed by atoms with E-state index in [9.17, 15) is 19.2 Å². The Labute approximate surface area is 196 Å². The van der Waals surface area contributed by atoms with Crippen LogP contribution in [0.25, 0.3) is 0 Å². The average molecular weight is 465 g/mol. The first-order valence-electron chi connectivity index (χ1n) is 10.6. The van der Waals surface area contributed by atoms with Gasteiger partial charge in [0.15, 0.2) is 0 Å². The molecular weight excluding hydrogens is 428 g/mol. The topological polar surface area (TPSA) is 116 Å². The van der Waals surface area contributed by atoms with E-state index in [4.69, 9.17) is 14.6 Å². The van der Waals surface area contributed by atoms with Crippen molar-refractivity contribution in [3.63, 3.8) is 0 Å². The Kier molecular flexibility index (Phi) is 18.6. The molecule has 0 amide bonds. The van der Waals surface area contributed by atoms with Crippen molar-refractivity contribution < 1.29 is 38.5 Å². The molecule has 33 heavy (non-hydrogen) atoms. The molecule has 0 radical (unpaired) electrons. The Morgan fingerprint density at radius 2 is 1.18 bits per heavy atom. The molecule has 1 aromatic carbocycles. The van der Waals surface area contributed by atoms with Crippen LogP contribution in [-0.4, -0.2) is 49.3 Å². The molecule has 1 N–H and O–H groups in total. The number of carboxylic acids is 1. The standard InChI is InChI=1S/C16H22O4.C5H8O2.C4H6O2/c1-3-5-11-19-15(17)13-9-7-8-10-14(13)16(18)20-12-6-4-2;1-4(2)5(6)7-3;1-3(2)4(5)6/h7-10H,3-6,11-12H2,1-2H3;1H2,2-3H3;1H2,2H3,(H,5,6). The molecule has 0 fully saturated rings. The first-order chi connectivity index (χ1) is 15.5. The van der Waals surface area contributed by atoms with E-state index in [1.165, 1.54) is 14.0 Å². The first-order valence-corrected chi connectivity index (χ1v) is 10.6. The minimum Gasteiger partial charge on any atom is -0.478 e. The summed E-state index contributed by atoms with van der Waals surface area (Å²) in [5, 5.41) is 7.89. The lowest BCUT2D eigenvalue weighted by Crippen LogP contribution is -2.14. The van der Waals surface area contributed by atoms with Crippen LogP contribution in [0.15, 0.2) is 48.6 Å². The number of rotatable bonds is 10. The quantitative estimate of drug-likeness (QED) is 0.223. The SMILES string of the molecule is C=C(C)C(=O)O.C=C(C)C(=O)OC.CCCCOC(=O)c1ccccc1C(=O)OCCCC. The summed E-state index contributed by atoms with van der Waals surface area (Å²) >= 11 is 0. The van der Waals surface area contributed by atoms with Crippen molar-refractivity contribution in [1.82, 2.24) is 0 Å². The third kappa shape index (κ3) is 15.9. The molecule has 0 aliphatic carbocycles. The van der Waals surface area contributed by atoms with Gasteiger partial charge in [-0.05, 0) is 38.8 Å². The number of unbranched alkanes of at least 4 members (excludes halogenated alkanes) is 2. The molecule has 0 heterocycles. The van der Waals surface area contributed by atoms with Crippen LogP contribution in [0.5, 0.6) is 0 Å². The molecule has 0 saturated carbocycles. The Morgan fingerprint density at radius 3 is 1.39 bits per heavy atom. The highest BCUT2D eigenvalue weighted by Gasteiger charge is 2.18. The van der Waals surface area contributed by atoms with Crippen LogP contribution in [0.1, 0.15) is 74.1 Å². The van der Waals surface area contributed by atoms with E-state index in [2.05, 4.69) is 17.9 Å². The van der Waals surface area contributed by atoms with Crippen molar-refractivity contribution in [1.29, 1.82) is 0 Å². The van der Waals surface area contributed by atoms with Gasteiger partial charge in [0.2, 0.25) is 0 Å². The fraction of sp³-hybridized carbons (Fsp3) is 0.440. The molecule has 8 nitrogen and oxygen atoms in total. The van der Waals surface area contributed by atoms with Gasteiger partial charge in [-0.25, -0.2) is 19.2 Å². The number of carbonyl (C=O) groups excluding carboxylic acids is 3. The van der Waals surface area contributed by atoms with E-state index in [1.54, 1.807) is 31.2 Å². The zero-order chi connectivity index (χ0) is 25.8. The van der Waals surface area contributed by atoms with Gasteiger partial charge in [0.05, 0.1) is 31.5 Å². The Morgan fingerprint density at radius 1 is 0.818 bits per heavy atom. The molecule has 0 bridgehead atoms. The van der Waals surface area contributed by atoms with Crippen LogP contribution in [0, 0.1) is 0 Å². The highest BCUT2D eigenvalue weighted by Crippen LogP contribution is 2.12. The second kappa shape index (κ2) is 19.3. The zero-order valence-corrected chi connectivity index (χ0v) is 20.3. The molecule has 8 heteroatoms. The number of hydrogen-bond donors (Lipinski definition) is 1. The fourth-order valence-corrected chi connectivity index (χ4v) is 1.79. The lowest BCUT2D eigenvalue weighted by molar-refractivity contribution is -0.136. The summed E-state index contributed by atoms with van der Waals surface area (Å²) in [7, 11) is 1.33. The van der Waals surface area contributed by atoms with Crippen molar-refractivity contribution in [3.05, 3.63) is 59.7 Å². The number of benzene rings is 1. The lowest BCUT2D eigenvalue weighted by atomic mass is 10.1. The average Bonchev–Trinajstić information content (AvgIpc) is 2.79. The molecule has 0 aromatic heterocycles. The number of esters is 3. The van der Waals surface area contributed by atoms with Crippen LogP contribution in [0.2, 0.25) is 0 Å². The zero-order valence-electron chi connectivity index (χ0n) is 20.3. The van der Waals surface area contributed by atoms with E-state index in [0.717, 1.165) is 25.7 Å². The summed E-state index contributed by atoms with van der Waals surface area (Å²) in [6.45, 7) is 14.3. The summed E-state index contributed by atoms with van der Waals surface area (Å²) in [4.78, 5) is 43.7. The van der Waals surface area contributed by atoms with Crippen LogP contribution >= 0.6 is 0 Å².